The summed E-state index contributed by atoms with van der Waals surface area (Å²) in [4.78, 5) is 11.0. The molecule has 28 heavy (non-hydrogen) atoms. The lowest BCUT2D eigenvalue weighted by Crippen LogP contribution is -2.48. The van der Waals surface area contributed by atoms with Gasteiger partial charge in [0.1, 0.15) is 17.1 Å². The monoisotopic (exact) mass is 404 g/mol. The van der Waals surface area contributed by atoms with Crippen LogP contribution in [0.4, 0.5) is 5.69 Å². The number of nitrogens with zero attached hydrogens (tertiary/aromatic N) is 4. The van der Waals surface area contributed by atoms with Crippen molar-refractivity contribution in [2.45, 2.75) is 39.1 Å². The van der Waals surface area contributed by atoms with Gasteiger partial charge in [-0.15, -0.1) is 0 Å². The molecule has 0 spiro atoms. The first-order valence-corrected chi connectivity index (χ1v) is 10.7. The fourth-order valence-electron chi connectivity index (χ4n) is 3.11. The summed E-state index contributed by atoms with van der Waals surface area (Å²) in [5.41, 5.74) is 2.81. The molecule has 2 N–H and O–H groups in total. The lowest BCUT2D eigenvalue weighted by Gasteiger charge is -2.38. The van der Waals surface area contributed by atoms with E-state index in [1.807, 2.05) is 26.8 Å². The number of aliphatic hydroxyl groups is 2. The van der Waals surface area contributed by atoms with E-state index in [2.05, 4.69) is 20.9 Å². The number of hydrogen-bond acceptors (Lipinski definition) is 8. The number of fused-ring (bicyclic) bond motifs is 1. The minimum absolute atomic E-state index is 0.0111. The molecule has 1 aliphatic rings. The molecule has 1 aromatic heterocycles. The molecule has 1 aliphatic heterocycles. The standard InChI is InChI=1S/C18H22N4O3S.C2H6/c1-12-7-22(8-15(25-12)11-26-10-14(24)9-23)16-3-2-13(6-19)17-18(16)21-5-4-20-17;1-2/h2-5,12,14-15,23-24H,7-11H2,1H3;1-2H3. The third-order valence-electron chi connectivity index (χ3n) is 4.22. The number of aromatic nitrogens is 2. The highest BCUT2D eigenvalue weighted by molar-refractivity contribution is 7.99. The Balaban J connectivity index is 0.00000136. The summed E-state index contributed by atoms with van der Waals surface area (Å²) in [6, 6.07) is 5.88. The molecule has 3 atom stereocenters. The summed E-state index contributed by atoms with van der Waals surface area (Å²) in [6.45, 7) is 7.24. The average Bonchev–Trinajstić information content (AvgIpc) is 2.73. The summed E-state index contributed by atoms with van der Waals surface area (Å²) in [5.74, 6) is 1.22. The van der Waals surface area contributed by atoms with Gasteiger partial charge in [0.2, 0.25) is 0 Å². The van der Waals surface area contributed by atoms with Gasteiger partial charge >= 0.3 is 0 Å². The normalized spacial score (nSPS) is 20.2. The predicted octanol–water partition coefficient (Wildman–Crippen LogP) is 2.21. The van der Waals surface area contributed by atoms with Crippen molar-refractivity contribution in [3.05, 3.63) is 30.1 Å². The van der Waals surface area contributed by atoms with E-state index in [1.54, 1.807) is 30.2 Å². The lowest BCUT2D eigenvalue weighted by atomic mass is 10.1. The maximum Gasteiger partial charge on any atom is 0.113 e. The molecule has 0 amide bonds. The maximum absolute atomic E-state index is 9.47. The van der Waals surface area contributed by atoms with Gasteiger partial charge in [-0.1, -0.05) is 13.8 Å². The number of anilines is 1. The summed E-state index contributed by atoms with van der Waals surface area (Å²) in [6.07, 6.45) is 2.60. The Kier molecular flexibility index (Phi) is 8.93. The number of hydrogen-bond donors (Lipinski definition) is 2. The molecule has 0 bridgehead atoms. The molecule has 3 rings (SSSR count). The molecular formula is C20H28N4O3S. The van der Waals surface area contributed by atoms with Crippen molar-refractivity contribution in [1.29, 1.82) is 5.26 Å². The van der Waals surface area contributed by atoms with Crippen molar-refractivity contribution in [3.8, 4) is 6.07 Å². The zero-order chi connectivity index (χ0) is 20.5. The van der Waals surface area contributed by atoms with Crippen LogP contribution in [0, 0.1) is 11.3 Å². The fraction of sp³-hybridized carbons (Fsp3) is 0.550. The first-order chi connectivity index (χ1) is 13.6. The second kappa shape index (κ2) is 11.2. The Labute approximate surface area is 170 Å². The van der Waals surface area contributed by atoms with Crippen molar-refractivity contribution < 1.29 is 14.9 Å². The van der Waals surface area contributed by atoms with E-state index in [4.69, 9.17) is 9.84 Å². The van der Waals surface area contributed by atoms with Gasteiger partial charge in [0.05, 0.1) is 36.2 Å². The van der Waals surface area contributed by atoms with E-state index < -0.39 is 6.10 Å². The highest BCUT2D eigenvalue weighted by Crippen LogP contribution is 2.29. The van der Waals surface area contributed by atoms with E-state index in [1.165, 1.54) is 0 Å². The highest BCUT2D eigenvalue weighted by Gasteiger charge is 2.27. The molecule has 8 heteroatoms. The molecule has 1 saturated heterocycles. The summed E-state index contributed by atoms with van der Waals surface area (Å²) < 4.78 is 6.02. The second-order valence-corrected chi connectivity index (χ2v) is 7.42. The average molecular weight is 405 g/mol. The first-order valence-electron chi connectivity index (χ1n) is 9.53. The van der Waals surface area contributed by atoms with Crippen LogP contribution in [0.15, 0.2) is 24.5 Å². The molecule has 0 aliphatic carbocycles. The number of thioether (sulfide) groups is 1. The van der Waals surface area contributed by atoms with Gasteiger partial charge < -0.3 is 19.8 Å². The maximum atomic E-state index is 9.47. The quantitative estimate of drug-likeness (QED) is 0.755. The molecule has 152 valence electrons. The van der Waals surface area contributed by atoms with Crippen LogP contribution in [-0.2, 0) is 4.74 Å². The Morgan fingerprint density at radius 3 is 2.68 bits per heavy atom. The van der Waals surface area contributed by atoms with Crippen LogP contribution in [-0.4, -0.2) is 69.7 Å². The molecule has 2 heterocycles. The van der Waals surface area contributed by atoms with Gasteiger partial charge in [0.25, 0.3) is 0 Å². The number of aliphatic hydroxyl groups excluding tert-OH is 2. The summed E-state index contributed by atoms with van der Waals surface area (Å²) in [7, 11) is 0. The molecule has 7 nitrogen and oxygen atoms in total. The van der Waals surface area contributed by atoms with Crippen LogP contribution in [0.5, 0.6) is 0 Å². The first kappa shape index (κ1) is 22.4. The number of benzene rings is 1. The number of nitriles is 1. The van der Waals surface area contributed by atoms with Crippen LogP contribution in [0.3, 0.4) is 0 Å². The van der Waals surface area contributed by atoms with Crippen LogP contribution in [0.25, 0.3) is 11.0 Å². The third-order valence-corrected chi connectivity index (χ3v) is 5.44. The van der Waals surface area contributed by atoms with Crippen LogP contribution < -0.4 is 4.90 Å². The molecule has 0 radical (unpaired) electrons. The van der Waals surface area contributed by atoms with E-state index in [0.717, 1.165) is 23.5 Å². The summed E-state index contributed by atoms with van der Waals surface area (Å²) >= 11 is 1.57. The van der Waals surface area contributed by atoms with Gasteiger partial charge in [0, 0.05) is 37.0 Å². The van der Waals surface area contributed by atoms with Crippen molar-refractivity contribution >= 4 is 28.5 Å². The molecule has 3 unspecified atom stereocenters. The zero-order valence-electron chi connectivity index (χ0n) is 16.6. The Morgan fingerprint density at radius 2 is 2.00 bits per heavy atom. The van der Waals surface area contributed by atoms with Crippen molar-refractivity contribution in [3.63, 3.8) is 0 Å². The van der Waals surface area contributed by atoms with Crippen LogP contribution in [0.2, 0.25) is 0 Å². The molecule has 2 aromatic rings. The molecular weight excluding hydrogens is 376 g/mol. The largest absolute Gasteiger partial charge is 0.394 e. The van der Waals surface area contributed by atoms with E-state index in [0.29, 0.717) is 23.4 Å². The van der Waals surface area contributed by atoms with Gasteiger partial charge in [-0.25, -0.2) is 0 Å². The van der Waals surface area contributed by atoms with Crippen LogP contribution in [0.1, 0.15) is 26.3 Å². The summed E-state index contributed by atoms with van der Waals surface area (Å²) in [5, 5.41) is 27.7. The third kappa shape index (κ3) is 5.55. The van der Waals surface area contributed by atoms with Crippen LogP contribution >= 0.6 is 11.8 Å². The molecule has 1 aromatic carbocycles. The topological polar surface area (TPSA) is 103 Å². The number of morpholine rings is 1. The lowest BCUT2D eigenvalue weighted by molar-refractivity contribution is -0.00260. The Morgan fingerprint density at radius 1 is 1.29 bits per heavy atom. The van der Waals surface area contributed by atoms with Crippen molar-refractivity contribution in [1.82, 2.24) is 9.97 Å². The van der Waals surface area contributed by atoms with Gasteiger partial charge in [-0.2, -0.15) is 17.0 Å². The van der Waals surface area contributed by atoms with E-state index >= 15 is 0 Å². The van der Waals surface area contributed by atoms with E-state index in [-0.39, 0.29) is 18.8 Å². The van der Waals surface area contributed by atoms with Crippen molar-refractivity contribution in [2.75, 3.05) is 36.1 Å². The SMILES string of the molecule is CC.CC1CN(c2ccc(C#N)c3nccnc23)CC(CSCC(O)CO)O1. The second-order valence-electron chi connectivity index (χ2n) is 6.35. The minimum atomic E-state index is -0.699. The molecule has 1 fully saturated rings. The van der Waals surface area contributed by atoms with E-state index in [9.17, 15) is 10.4 Å². The van der Waals surface area contributed by atoms with Gasteiger partial charge in [-0.3, -0.25) is 9.97 Å². The minimum Gasteiger partial charge on any atom is -0.394 e. The molecule has 0 saturated carbocycles. The predicted molar refractivity (Wildman–Crippen MR) is 113 cm³/mol. The van der Waals surface area contributed by atoms with Gasteiger partial charge in [0.15, 0.2) is 0 Å². The highest BCUT2D eigenvalue weighted by atomic mass is 32.2. The Bertz CT molecular complexity index is 799. The Hall–Kier alpha value is -1.92. The number of ether oxygens (including phenoxy) is 1. The van der Waals surface area contributed by atoms with Gasteiger partial charge in [-0.05, 0) is 19.1 Å². The zero-order valence-corrected chi connectivity index (χ0v) is 17.4. The number of rotatable bonds is 6. The van der Waals surface area contributed by atoms with Crippen molar-refractivity contribution in [2.24, 2.45) is 0 Å². The fourth-order valence-corrected chi connectivity index (χ4v) is 4.07. The smallest absolute Gasteiger partial charge is 0.113 e.